The predicted octanol–water partition coefficient (Wildman–Crippen LogP) is 12.5. The van der Waals surface area contributed by atoms with E-state index < -0.39 is 46.9 Å². The Kier molecular flexibility index (Phi) is 18.1. The average Bonchev–Trinajstić information content (AvgIpc) is 3.43. The van der Waals surface area contributed by atoms with E-state index in [9.17, 15) is 19.2 Å². The minimum Gasteiger partial charge on any atom is -0.462 e. The lowest BCUT2D eigenvalue weighted by Gasteiger charge is -2.40. The monoisotopic (exact) mass is 1110 g/mol. The number of pyridine rings is 2. The minimum absolute atomic E-state index is 0.0111. The predicted molar refractivity (Wildman–Crippen MR) is 300 cm³/mol. The van der Waals surface area contributed by atoms with Crippen LogP contribution < -0.4 is 16.3 Å². The van der Waals surface area contributed by atoms with Crippen molar-refractivity contribution in [1.29, 1.82) is 0 Å². The van der Waals surface area contributed by atoms with Gasteiger partial charge in [-0.3, -0.25) is 9.59 Å². The number of rotatable bonds is 13. The molecule has 1 aliphatic heterocycles. The van der Waals surface area contributed by atoms with E-state index in [-0.39, 0.29) is 68.2 Å². The summed E-state index contributed by atoms with van der Waals surface area (Å²) in [5, 5.41) is 1.09. The zero-order valence-electron chi connectivity index (χ0n) is 46.5. The van der Waals surface area contributed by atoms with E-state index in [1.807, 2.05) is 67.2 Å². The zero-order chi connectivity index (χ0) is 53.5. The Hall–Kier alpha value is -3.13. The number of carbonyl (C=O) groups excluding carboxylic acids is 2. The molecule has 0 unspecified atom stereocenters. The van der Waals surface area contributed by atoms with Crippen molar-refractivity contribution in [1.82, 2.24) is 9.13 Å². The first-order valence-corrected chi connectivity index (χ1v) is 31.6. The Bertz CT molecular complexity index is 2650. The molecule has 1 aliphatic rings. The summed E-state index contributed by atoms with van der Waals surface area (Å²) in [6, 6.07) is 11.2. The number of ether oxygens (including phenoxy) is 2. The molecule has 2 aromatic heterocycles. The van der Waals surface area contributed by atoms with Crippen LogP contribution in [-0.2, 0) is 27.6 Å². The van der Waals surface area contributed by atoms with Crippen LogP contribution in [0, 0.1) is 14.4 Å². The maximum Gasteiger partial charge on any atom is 0.494 e. The van der Waals surface area contributed by atoms with Crippen LogP contribution in [0.2, 0.25) is 36.3 Å². The Morgan fingerprint density at radius 2 is 0.986 bits per heavy atom. The van der Waals surface area contributed by atoms with Crippen molar-refractivity contribution >= 4 is 85.6 Å². The van der Waals surface area contributed by atoms with Gasteiger partial charge in [-0.1, -0.05) is 89.2 Å². The largest absolute Gasteiger partial charge is 0.494 e. The molecule has 3 heterocycles. The van der Waals surface area contributed by atoms with Gasteiger partial charge in [-0.2, -0.15) is 0 Å². The molecule has 1 saturated heterocycles. The van der Waals surface area contributed by atoms with Gasteiger partial charge in [-0.25, -0.2) is 9.59 Å². The van der Waals surface area contributed by atoms with E-state index in [1.54, 1.807) is 32.3 Å². The van der Waals surface area contributed by atoms with Gasteiger partial charge in [0.1, 0.15) is 11.1 Å². The Balaban J connectivity index is 0.000000313. The molecule has 70 heavy (non-hydrogen) atoms. The molecule has 0 bridgehead atoms. The van der Waals surface area contributed by atoms with Crippen molar-refractivity contribution in [2.75, 3.05) is 26.4 Å². The maximum atomic E-state index is 13.7. The van der Waals surface area contributed by atoms with Crippen LogP contribution in [0.15, 0.2) is 58.4 Å². The summed E-state index contributed by atoms with van der Waals surface area (Å²) in [6.45, 7) is 48.0. The average molecular weight is 1120 g/mol. The van der Waals surface area contributed by atoms with Gasteiger partial charge < -0.3 is 36.8 Å². The second-order valence-corrected chi connectivity index (χ2v) is 35.8. The van der Waals surface area contributed by atoms with Crippen LogP contribution in [0.5, 0.6) is 0 Å². The molecule has 388 valence electrons. The first-order valence-electron chi connectivity index (χ1n) is 24.7. The van der Waals surface area contributed by atoms with Gasteiger partial charge in [0.05, 0.1) is 60.7 Å². The number of hydrogen-bond donors (Lipinski definition) is 0. The molecule has 0 spiro atoms. The van der Waals surface area contributed by atoms with Crippen molar-refractivity contribution in [3.63, 3.8) is 0 Å². The highest BCUT2D eigenvalue weighted by atomic mass is 127. The van der Waals surface area contributed by atoms with Crippen molar-refractivity contribution in [3.8, 4) is 0 Å². The SMILES string of the molecule is CCOC(=O)c1cn([C@H](CO[Si](C)(C)C(C)(C)C)C(C)(C)C)c2ccc(B3OC(C)(C)C(C)(C)O3)cc2c1=O.CCOC(=O)c1cn([C@H](CO[Si](C)(C)C(C)(C)C)C(C)(C)C)c2ccc(I)cc2c1=O. The molecule has 12 nitrogen and oxygen atoms in total. The Labute approximate surface area is 434 Å². The van der Waals surface area contributed by atoms with E-state index in [1.165, 1.54) is 0 Å². The topological polar surface area (TPSA) is 134 Å². The number of benzene rings is 2. The molecule has 0 radical (unpaired) electrons. The van der Waals surface area contributed by atoms with Gasteiger partial charge in [-0.15, -0.1) is 0 Å². The van der Waals surface area contributed by atoms with Crippen molar-refractivity contribution in [2.45, 2.75) is 184 Å². The summed E-state index contributed by atoms with van der Waals surface area (Å²) in [7, 11) is -4.67. The lowest BCUT2D eigenvalue weighted by molar-refractivity contribution is 0.00578. The highest BCUT2D eigenvalue weighted by molar-refractivity contribution is 14.1. The van der Waals surface area contributed by atoms with Gasteiger partial charge in [0.25, 0.3) is 0 Å². The smallest absolute Gasteiger partial charge is 0.462 e. The third-order valence-electron chi connectivity index (χ3n) is 15.1. The standard InChI is InChI=1S/C30H48BNO6Si.C24H36INO4Si/c1-14-35-26(34)22-18-32(24(27(2,3)4)19-36-39(12,13)28(5,6)7)23-16-15-20(17-21(23)25(22)33)31-37-29(8,9)30(10,11)38-31;1-10-29-22(28)18-14-26(19-12-11-16(25)13-17(19)21(18)27)20(23(2,3)4)15-30-31(8,9)24(5,6)7/h15-18,24H,14,19H2,1-13H3;11-14,20H,10,15H2,1-9H3/t24-;20-/m11/s1. The van der Waals surface area contributed by atoms with Gasteiger partial charge in [-0.05, 0) is 147 Å². The van der Waals surface area contributed by atoms with Gasteiger partial charge in [0, 0.05) is 26.7 Å². The van der Waals surface area contributed by atoms with E-state index in [4.69, 9.17) is 27.6 Å². The van der Waals surface area contributed by atoms with Crippen LogP contribution in [0.4, 0.5) is 0 Å². The summed E-state index contributed by atoms with van der Waals surface area (Å²) in [5.74, 6) is -1.21. The summed E-state index contributed by atoms with van der Waals surface area (Å²) in [4.78, 5) is 52.4. The number of aromatic nitrogens is 2. The molecule has 4 aromatic rings. The summed E-state index contributed by atoms with van der Waals surface area (Å²) in [5.41, 5.74) is 0.253. The van der Waals surface area contributed by atoms with Crippen LogP contribution in [0.1, 0.15) is 157 Å². The lowest BCUT2D eigenvalue weighted by atomic mass is 9.78. The summed E-state index contributed by atoms with van der Waals surface area (Å²) < 4.78 is 41.3. The highest BCUT2D eigenvalue weighted by Crippen LogP contribution is 2.42. The Morgan fingerprint density at radius 3 is 1.33 bits per heavy atom. The number of fused-ring (bicyclic) bond motifs is 2. The molecule has 0 saturated carbocycles. The summed E-state index contributed by atoms with van der Waals surface area (Å²) >= 11 is 2.19. The molecule has 0 amide bonds. The molecule has 2 atom stereocenters. The van der Waals surface area contributed by atoms with E-state index in [0.717, 1.165) is 20.1 Å². The van der Waals surface area contributed by atoms with Crippen LogP contribution in [0.3, 0.4) is 0 Å². The number of nitrogens with zero attached hydrogens (tertiary/aromatic N) is 2. The van der Waals surface area contributed by atoms with Crippen molar-refractivity contribution in [2.24, 2.45) is 10.8 Å². The normalized spacial score (nSPS) is 16.5. The summed E-state index contributed by atoms with van der Waals surface area (Å²) in [6.07, 6.45) is 3.32. The molecule has 2 aromatic carbocycles. The minimum atomic E-state index is -2.06. The van der Waals surface area contributed by atoms with E-state index in [0.29, 0.717) is 24.0 Å². The van der Waals surface area contributed by atoms with E-state index >= 15 is 0 Å². The first kappa shape index (κ1) is 59.4. The molecule has 0 N–H and O–H groups in total. The van der Waals surface area contributed by atoms with Crippen molar-refractivity contribution < 1.29 is 37.2 Å². The fourth-order valence-electron chi connectivity index (χ4n) is 7.55. The van der Waals surface area contributed by atoms with Gasteiger partial charge in [0.2, 0.25) is 10.9 Å². The fraction of sp³-hybridized carbons (Fsp3) is 0.630. The number of hydrogen-bond acceptors (Lipinski definition) is 10. The first-order chi connectivity index (χ1) is 31.7. The van der Waals surface area contributed by atoms with Crippen molar-refractivity contribution in [3.05, 3.63) is 83.9 Å². The van der Waals surface area contributed by atoms with E-state index in [2.05, 4.69) is 132 Å². The number of halogens is 1. The van der Waals surface area contributed by atoms with Gasteiger partial charge in [0.15, 0.2) is 16.6 Å². The molecular formula is C54H84BIN2O10Si2. The van der Waals surface area contributed by atoms with Crippen LogP contribution in [0.25, 0.3) is 21.8 Å². The molecule has 16 heteroatoms. The third-order valence-corrected chi connectivity index (χ3v) is 24.7. The fourth-order valence-corrected chi connectivity index (χ4v) is 10.1. The van der Waals surface area contributed by atoms with Crippen LogP contribution >= 0.6 is 22.6 Å². The third kappa shape index (κ3) is 13.1. The second-order valence-electron chi connectivity index (χ2n) is 24.9. The molecule has 0 aliphatic carbocycles. The number of esters is 2. The lowest BCUT2D eigenvalue weighted by Crippen LogP contribution is -2.43. The quantitative estimate of drug-likeness (QED) is 0.0724. The van der Waals surface area contributed by atoms with Gasteiger partial charge >= 0.3 is 19.1 Å². The zero-order valence-corrected chi connectivity index (χ0v) is 50.7. The molecule has 1 fully saturated rings. The maximum absolute atomic E-state index is 13.7. The second kappa shape index (κ2) is 21.4. The molecular weight excluding hydrogens is 1030 g/mol. The molecule has 5 rings (SSSR count). The number of carbonyl (C=O) groups is 2. The Morgan fingerprint density at radius 1 is 0.629 bits per heavy atom. The highest BCUT2D eigenvalue weighted by Gasteiger charge is 2.52. The van der Waals surface area contributed by atoms with Crippen LogP contribution in [-0.4, -0.2) is 82.5 Å².